The molecule has 0 amide bonds. The Morgan fingerprint density at radius 3 is 2.56 bits per heavy atom. The maximum Gasteiger partial charge on any atom is 0.418 e. The Morgan fingerprint density at radius 2 is 2.06 bits per heavy atom. The van der Waals surface area contributed by atoms with Gasteiger partial charge in [0, 0.05) is 18.7 Å². The molecule has 0 saturated heterocycles. The highest BCUT2D eigenvalue weighted by atomic mass is 35.5. The van der Waals surface area contributed by atoms with Crippen molar-refractivity contribution < 1.29 is 13.2 Å². The largest absolute Gasteiger partial charge is 0.418 e. The summed E-state index contributed by atoms with van der Waals surface area (Å²) in [6.07, 6.45) is -2.20. The van der Waals surface area contributed by atoms with Crippen molar-refractivity contribution in [1.29, 1.82) is 0 Å². The van der Waals surface area contributed by atoms with E-state index in [2.05, 4.69) is 4.98 Å². The Morgan fingerprint density at radius 1 is 1.44 bits per heavy atom. The second-order valence-corrected chi connectivity index (χ2v) is 3.37. The Kier molecular flexibility index (Phi) is 5.75. The number of pyridine rings is 1. The minimum absolute atomic E-state index is 0. The van der Waals surface area contributed by atoms with Crippen LogP contribution >= 0.6 is 12.4 Å². The molecule has 1 unspecified atom stereocenters. The summed E-state index contributed by atoms with van der Waals surface area (Å²) in [6.45, 7) is 1.83. The van der Waals surface area contributed by atoms with Crippen LogP contribution in [-0.2, 0) is 12.6 Å². The third-order valence-corrected chi connectivity index (χ3v) is 2.18. The van der Waals surface area contributed by atoms with E-state index >= 15 is 0 Å². The molecule has 6 heteroatoms. The van der Waals surface area contributed by atoms with Crippen molar-refractivity contribution in [1.82, 2.24) is 4.98 Å². The van der Waals surface area contributed by atoms with E-state index < -0.39 is 11.7 Å². The summed E-state index contributed by atoms with van der Waals surface area (Å²) < 4.78 is 37.6. The van der Waals surface area contributed by atoms with E-state index in [9.17, 15) is 13.2 Å². The lowest BCUT2D eigenvalue weighted by molar-refractivity contribution is -0.138. The molecule has 2 nitrogen and oxygen atoms in total. The van der Waals surface area contributed by atoms with Gasteiger partial charge in [0.1, 0.15) is 0 Å². The minimum atomic E-state index is -4.35. The van der Waals surface area contributed by atoms with Crippen molar-refractivity contribution >= 4 is 12.4 Å². The van der Waals surface area contributed by atoms with Crippen molar-refractivity contribution in [3.63, 3.8) is 0 Å². The summed E-state index contributed by atoms with van der Waals surface area (Å²) >= 11 is 0. The quantitative estimate of drug-likeness (QED) is 0.901. The summed E-state index contributed by atoms with van der Waals surface area (Å²) in [6, 6.07) is 2.04. The summed E-state index contributed by atoms with van der Waals surface area (Å²) in [4.78, 5) is 3.73. The van der Waals surface area contributed by atoms with Gasteiger partial charge in [-0.1, -0.05) is 6.92 Å². The average Bonchev–Trinajstić information content (AvgIpc) is 2.17. The number of halogens is 4. The summed E-state index contributed by atoms with van der Waals surface area (Å²) in [5, 5.41) is 0. The molecule has 0 saturated carbocycles. The molecular weight excluding hydrogens is 241 g/mol. The molecule has 0 aliphatic heterocycles. The van der Waals surface area contributed by atoms with Gasteiger partial charge in [-0.25, -0.2) is 0 Å². The van der Waals surface area contributed by atoms with Crippen molar-refractivity contribution in [2.24, 2.45) is 5.73 Å². The zero-order valence-electron chi connectivity index (χ0n) is 8.79. The van der Waals surface area contributed by atoms with Crippen LogP contribution in [0.1, 0.15) is 24.6 Å². The lowest BCUT2D eigenvalue weighted by Gasteiger charge is -2.14. The molecule has 92 valence electrons. The van der Waals surface area contributed by atoms with Crippen molar-refractivity contribution in [3.8, 4) is 0 Å². The van der Waals surface area contributed by atoms with Crippen LogP contribution in [0.25, 0.3) is 0 Å². The first kappa shape index (κ1) is 15.2. The monoisotopic (exact) mass is 254 g/mol. The normalized spacial score (nSPS) is 13.1. The van der Waals surface area contributed by atoms with Crippen molar-refractivity contribution in [2.45, 2.75) is 32.0 Å². The van der Waals surface area contributed by atoms with Gasteiger partial charge in [0.25, 0.3) is 0 Å². The molecule has 0 aliphatic carbocycles. The van der Waals surface area contributed by atoms with Crippen LogP contribution in [0.3, 0.4) is 0 Å². The van der Waals surface area contributed by atoms with E-state index in [0.717, 1.165) is 6.07 Å². The van der Waals surface area contributed by atoms with Crippen LogP contribution in [0.15, 0.2) is 18.3 Å². The molecule has 0 bridgehead atoms. The van der Waals surface area contributed by atoms with Crippen LogP contribution in [0.5, 0.6) is 0 Å². The fraction of sp³-hybridized carbons (Fsp3) is 0.500. The molecule has 0 aliphatic rings. The first-order valence-corrected chi connectivity index (χ1v) is 4.71. The van der Waals surface area contributed by atoms with Gasteiger partial charge in [-0.3, -0.25) is 4.98 Å². The maximum absolute atomic E-state index is 12.5. The van der Waals surface area contributed by atoms with Crippen molar-refractivity contribution in [2.75, 3.05) is 0 Å². The number of alkyl halides is 3. The zero-order valence-corrected chi connectivity index (χ0v) is 9.61. The standard InChI is InChI=1S/C10H13F3N2.ClH/c1-2-7(14)6-9-8(10(11,12)13)4-3-5-15-9;/h3-5,7H,2,6,14H2,1H3;1H. The fourth-order valence-corrected chi connectivity index (χ4v) is 1.25. The van der Waals surface area contributed by atoms with Crippen LogP contribution in [0.4, 0.5) is 13.2 Å². The highest BCUT2D eigenvalue weighted by Gasteiger charge is 2.33. The van der Waals surface area contributed by atoms with E-state index in [0.29, 0.717) is 6.42 Å². The third kappa shape index (κ3) is 3.98. The lowest BCUT2D eigenvalue weighted by Crippen LogP contribution is -2.24. The third-order valence-electron chi connectivity index (χ3n) is 2.18. The molecule has 0 fully saturated rings. The van der Waals surface area contributed by atoms with Crippen LogP contribution < -0.4 is 5.73 Å². The smallest absolute Gasteiger partial charge is 0.327 e. The Hall–Kier alpha value is -0.810. The SMILES string of the molecule is CCC(N)Cc1ncccc1C(F)(F)F.Cl. The second kappa shape index (κ2) is 6.06. The summed E-state index contributed by atoms with van der Waals surface area (Å²) in [5.41, 5.74) is 4.95. The number of rotatable bonds is 3. The van der Waals surface area contributed by atoms with E-state index in [1.807, 2.05) is 6.92 Å². The highest BCUT2D eigenvalue weighted by Crippen LogP contribution is 2.31. The molecule has 1 rings (SSSR count). The topological polar surface area (TPSA) is 38.9 Å². The Labute approximate surface area is 98.5 Å². The highest BCUT2D eigenvalue weighted by molar-refractivity contribution is 5.85. The number of aromatic nitrogens is 1. The molecule has 1 aromatic heterocycles. The molecule has 0 radical (unpaired) electrons. The second-order valence-electron chi connectivity index (χ2n) is 3.37. The van der Waals surface area contributed by atoms with Crippen molar-refractivity contribution in [3.05, 3.63) is 29.6 Å². The lowest BCUT2D eigenvalue weighted by atomic mass is 10.0. The Balaban J connectivity index is 0.00000225. The molecular formula is C10H14ClF3N2. The molecule has 1 aromatic rings. The van der Waals surface area contributed by atoms with Gasteiger partial charge < -0.3 is 5.73 Å². The van der Waals surface area contributed by atoms with E-state index in [4.69, 9.17) is 5.73 Å². The molecule has 0 aromatic carbocycles. The zero-order chi connectivity index (χ0) is 11.5. The van der Waals surface area contributed by atoms with Gasteiger partial charge in [-0.15, -0.1) is 12.4 Å². The molecule has 1 atom stereocenters. The van der Waals surface area contributed by atoms with E-state index in [1.165, 1.54) is 12.3 Å². The fourth-order valence-electron chi connectivity index (χ4n) is 1.25. The van der Waals surface area contributed by atoms with E-state index in [-0.39, 0.29) is 30.6 Å². The molecule has 16 heavy (non-hydrogen) atoms. The van der Waals surface area contributed by atoms with Crippen LogP contribution in [0.2, 0.25) is 0 Å². The van der Waals surface area contributed by atoms with Gasteiger partial charge in [0.05, 0.1) is 11.3 Å². The first-order chi connectivity index (χ1) is 6.95. The predicted octanol–water partition coefficient (Wildman–Crippen LogP) is 2.80. The van der Waals surface area contributed by atoms with Gasteiger partial charge in [0.2, 0.25) is 0 Å². The van der Waals surface area contributed by atoms with Crippen LogP contribution in [0, 0.1) is 0 Å². The summed E-state index contributed by atoms with van der Waals surface area (Å²) in [7, 11) is 0. The average molecular weight is 255 g/mol. The Bertz CT molecular complexity index is 328. The van der Waals surface area contributed by atoms with Gasteiger partial charge in [-0.05, 0) is 18.6 Å². The predicted molar refractivity (Wildman–Crippen MR) is 58.5 cm³/mol. The number of hydrogen-bond donors (Lipinski definition) is 1. The van der Waals surface area contributed by atoms with E-state index in [1.54, 1.807) is 0 Å². The minimum Gasteiger partial charge on any atom is -0.327 e. The molecule has 2 N–H and O–H groups in total. The molecule has 1 heterocycles. The van der Waals surface area contributed by atoms with Gasteiger partial charge in [-0.2, -0.15) is 13.2 Å². The first-order valence-electron chi connectivity index (χ1n) is 4.71. The number of nitrogens with two attached hydrogens (primary N) is 1. The summed E-state index contributed by atoms with van der Waals surface area (Å²) in [5.74, 6) is 0. The maximum atomic E-state index is 12.5. The number of nitrogens with zero attached hydrogens (tertiary/aromatic N) is 1. The van der Waals surface area contributed by atoms with Gasteiger partial charge >= 0.3 is 6.18 Å². The van der Waals surface area contributed by atoms with Gasteiger partial charge in [0.15, 0.2) is 0 Å². The number of hydrogen-bond acceptors (Lipinski definition) is 2. The van der Waals surface area contributed by atoms with Crippen LogP contribution in [-0.4, -0.2) is 11.0 Å². The molecule has 0 spiro atoms.